The van der Waals surface area contributed by atoms with Crippen molar-refractivity contribution in [3.63, 3.8) is 0 Å². The molecule has 1 aromatic rings. The van der Waals surface area contributed by atoms with Gasteiger partial charge in [-0.3, -0.25) is 9.69 Å². The third-order valence-electron chi connectivity index (χ3n) is 4.00. The molecule has 0 bridgehead atoms. The highest BCUT2D eigenvalue weighted by Crippen LogP contribution is 2.22. The molecule has 1 aliphatic rings. The molecule has 0 saturated heterocycles. The lowest BCUT2D eigenvalue weighted by atomic mass is 9.94. The highest BCUT2D eigenvalue weighted by Gasteiger charge is 2.22. The molecule has 3 N–H and O–H groups in total. The van der Waals surface area contributed by atoms with Crippen LogP contribution in [0.1, 0.15) is 32.1 Å². The Morgan fingerprint density at radius 1 is 1.29 bits per heavy atom. The minimum Gasteiger partial charge on any atom is -0.329 e. The van der Waals surface area contributed by atoms with E-state index >= 15 is 0 Å². The van der Waals surface area contributed by atoms with E-state index < -0.39 is 5.82 Å². The van der Waals surface area contributed by atoms with E-state index in [9.17, 15) is 9.18 Å². The molecule has 1 fully saturated rings. The van der Waals surface area contributed by atoms with Crippen LogP contribution >= 0.6 is 0 Å². The molecule has 1 saturated carbocycles. The van der Waals surface area contributed by atoms with Crippen LogP contribution < -0.4 is 11.1 Å². The van der Waals surface area contributed by atoms with Gasteiger partial charge in [0.2, 0.25) is 5.91 Å². The summed E-state index contributed by atoms with van der Waals surface area (Å²) in [5.41, 5.74) is 5.89. The van der Waals surface area contributed by atoms with Crippen molar-refractivity contribution in [2.24, 2.45) is 5.73 Å². The molecule has 0 radical (unpaired) electrons. The molecule has 116 valence electrons. The SMILES string of the molecule is NCCN(CC(=O)Nc1ccccc1F)C1CCCCC1. The van der Waals surface area contributed by atoms with Crippen LogP contribution in [0.25, 0.3) is 0 Å². The maximum Gasteiger partial charge on any atom is 0.238 e. The van der Waals surface area contributed by atoms with E-state index in [4.69, 9.17) is 5.73 Å². The Morgan fingerprint density at radius 2 is 2.00 bits per heavy atom. The number of para-hydroxylation sites is 1. The molecule has 0 aliphatic heterocycles. The van der Waals surface area contributed by atoms with Crippen LogP contribution in [0.5, 0.6) is 0 Å². The highest BCUT2D eigenvalue weighted by molar-refractivity contribution is 5.92. The van der Waals surface area contributed by atoms with Gasteiger partial charge in [-0.2, -0.15) is 0 Å². The molecule has 1 amide bonds. The molecule has 0 unspecified atom stereocenters. The van der Waals surface area contributed by atoms with Crippen LogP contribution in [0.3, 0.4) is 0 Å². The first-order valence-corrected chi connectivity index (χ1v) is 7.69. The molecule has 0 heterocycles. The summed E-state index contributed by atoms with van der Waals surface area (Å²) in [6, 6.07) is 6.65. The Labute approximate surface area is 125 Å². The molecule has 1 aliphatic carbocycles. The summed E-state index contributed by atoms with van der Waals surface area (Å²) in [5.74, 6) is -0.590. The van der Waals surface area contributed by atoms with E-state index in [0.717, 1.165) is 12.8 Å². The fourth-order valence-electron chi connectivity index (χ4n) is 2.94. The number of hydrogen-bond donors (Lipinski definition) is 2. The van der Waals surface area contributed by atoms with Crippen LogP contribution in [-0.4, -0.2) is 36.5 Å². The van der Waals surface area contributed by atoms with Gasteiger partial charge in [-0.15, -0.1) is 0 Å². The number of nitrogens with two attached hydrogens (primary N) is 1. The van der Waals surface area contributed by atoms with Gasteiger partial charge in [0.25, 0.3) is 0 Å². The lowest BCUT2D eigenvalue weighted by Crippen LogP contribution is -2.44. The maximum absolute atomic E-state index is 13.5. The largest absolute Gasteiger partial charge is 0.329 e. The quantitative estimate of drug-likeness (QED) is 0.846. The van der Waals surface area contributed by atoms with Gasteiger partial charge in [-0.25, -0.2) is 4.39 Å². The van der Waals surface area contributed by atoms with Gasteiger partial charge in [0.1, 0.15) is 5.82 Å². The second-order valence-corrected chi connectivity index (χ2v) is 5.58. The predicted octanol–water partition coefficient (Wildman–Crippen LogP) is 2.36. The number of halogens is 1. The molecular weight excluding hydrogens is 269 g/mol. The third kappa shape index (κ3) is 4.79. The average Bonchev–Trinajstić information content (AvgIpc) is 2.50. The van der Waals surface area contributed by atoms with Crippen LogP contribution in [0.4, 0.5) is 10.1 Å². The van der Waals surface area contributed by atoms with E-state index in [1.807, 2.05) is 0 Å². The van der Waals surface area contributed by atoms with E-state index in [2.05, 4.69) is 10.2 Å². The smallest absolute Gasteiger partial charge is 0.238 e. The second kappa shape index (κ2) is 8.10. The van der Waals surface area contributed by atoms with Crippen molar-refractivity contribution >= 4 is 11.6 Å². The summed E-state index contributed by atoms with van der Waals surface area (Å²) in [4.78, 5) is 14.3. The number of anilines is 1. The predicted molar refractivity (Wildman–Crippen MR) is 82.5 cm³/mol. The molecule has 2 rings (SSSR count). The Morgan fingerprint density at radius 3 is 2.67 bits per heavy atom. The molecular formula is C16H24FN3O. The summed E-state index contributed by atoms with van der Waals surface area (Å²) >= 11 is 0. The third-order valence-corrected chi connectivity index (χ3v) is 4.00. The second-order valence-electron chi connectivity index (χ2n) is 5.58. The molecule has 0 spiro atoms. The van der Waals surface area contributed by atoms with Crippen molar-refractivity contribution in [3.8, 4) is 0 Å². The maximum atomic E-state index is 13.5. The number of carbonyl (C=O) groups excluding carboxylic acids is 1. The van der Waals surface area contributed by atoms with Crippen molar-refractivity contribution in [1.82, 2.24) is 4.90 Å². The van der Waals surface area contributed by atoms with E-state index in [1.165, 1.54) is 25.3 Å². The van der Waals surface area contributed by atoms with E-state index in [-0.39, 0.29) is 18.1 Å². The zero-order valence-electron chi connectivity index (χ0n) is 12.4. The van der Waals surface area contributed by atoms with Gasteiger partial charge in [-0.1, -0.05) is 31.4 Å². The number of benzene rings is 1. The van der Waals surface area contributed by atoms with Gasteiger partial charge < -0.3 is 11.1 Å². The zero-order valence-corrected chi connectivity index (χ0v) is 12.4. The molecule has 0 aromatic heterocycles. The van der Waals surface area contributed by atoms with Gasteiger partial charge in [0.15, 0.2) is 0 Å². The first-order valence-electron chi connectivity index (χ1n) is 7.69. The number of carbonyl (C=O) groups is 1. The summed E-state index contributed by atoms with van der Waals surface area (Å²) in [6.45, 7) is 1.51. The first-order chi connectivity index (χ1) is 10.2. The topological polar surface area (TPSA) is 58.4 Å². The molecule has 1 aromatic carbocycles. The summed E-state index contributed by atoms with van der Waals surface area (Å²) < 4.78 is 13.5. The zero-order chi connectivity index (χ0) is 15.1. The van der Waals surface area contributed by atoms with Gasteiger partial charge in [0, 0.05) is 19.1 Å². The Hall–Kier alpha value is -1.46. The van der Waals surface area contributed by atoms with Crippen LogP contribution in [0, 0.1) is 5.82 Å². The number of hydrogen-bond acceptors (Lipinski definition) is 3. The van der Waals surface area contributed by atoms with Crippen LogP contribution in [0.15, 0.2) is 24.3 Å². The summed E-state index contributed by atoms with van der Waals surface area (Å²) in [5, 5.41) is 2.64. The van der Waals surface area contributed by atoms with Crippen LogP contribution in [-0.2, 0) is 4.79 Å². The summed E-state index contributed by atoms with van der Waals surface area (Å²) in [6.07, 6.45) is 5.93. The molecule has 5 heteroatoms. The highest BCUT2D eigenvalue weighted by atomic mass is 19.1. The van der Waals surface area contributed by atoms with Crippen molar-refractivity contribution in [1.29, 1.82) is 0 Å². The number of nitrogens with zero attached hydrogens (tertiary/aromatic N) is 1. The standard InChI is InChI=1S/C16H24FN3O/c17-14-8-4-5-9-15(14)19-16(21)12-20(11-10-18)13-6-2-1-3-7-13/h4-5,8-9,13H,1-3,6-7,10-12,18H2,(H,19,21). The number of amides is 1. The molecule has 21 heavy (non-hydrogen) atoms. The lowest BCUT2D eigenvalue weighted by Gasteiger charge is -2.33. The fourth-order valence-corrected chi connectivity index (χ4v) is 2.94. The minimum absolute atomic E-state index is 0.181. The number of nitrogens with one attached hydrogen (secondary N) is 1. The van der Waals surface area contributed by atoms with E-state index in [0.29, 0.717) is 19.1 Å². The Balaban J connectivity index is 1.93. The molecule has 0 atom stereocenters. The Kier molecular flexibility index (Phi) is 6.14. The monoisotopic (exact) mass is 293 g/mol. The lowest BCUT2D eigenvalue weighted by molar-refractivity contribution is -0.118. The number of rotatable bonds is 6. The van der Waals surface area contributed by atoms with Gasteiger partial charge in [-0.05, 0) is 25.0 Å². The summed E-state index contributed by atoms with van der Waals surface area (Å²) in [7, 11) is 0. The van der Waals surface area contributed by atoms with Crippen molar-refractivity contribution in [3.05, 3.63) is 30.1 Å². The van der Waals surface area contributed by atoms with Crippen molar-refractivity contribution < 1.29 is 9.18 Å². The van der Waals surface area contributed by atoms with Crippen molar-refractivity contribution in [2.45, 2.75) is 38.1 Å². The molecule has 4 nitrogen and oxygen atoms in total. The first kappa shape index (κ1) is 15.9. The Bertz CT molecular complexity index is 461. The van der Waals surface area contributed by atoms with Gasteiger partial charge >= 0.3 is 0 Å². The normalized spacial score (nSPS) is 16.1. The van der Waals surface area contributed by atoms with Crippen LogP contribution in [0.2, 0.25) is 0 Å². The van der Waals surface area contributed by atoms with Crippen molar-refractivity contribution in [2.75, 3.05) is 25.0 Å². The minimum atomic E-state index is -0.408. The fraction of sp³-hybridized carbons (Fsp3) is 0.562. The van der Waals surface area contributed by atoms with E-state index in [1.54, 1.807) is 18.2 Å². The van der Waals surface area contributed by atoms with Gasteiger partial charge in [0.05, 0.1) is 12.2 Å². The average molecular weight is 293 g/mol.